The van der Waals surface area contributed by atoms with Crippen molar-refractivity contribution >= 4 is 11.9 Å². The first-order valence-corrected chi connectivity index (χ1v) is 12.9. The summed E-state index contributed by atoms with van der Waals surface area (Å²) < 4.78 is 41.1. The van der Waals surface area contributed by atoms with Crippen LogP contribution in [0.1, 0.15) is 42.0 Å². The minimum Gasteiger partial charge on any atom is -0.352 e. The van der Waals surface area contributed by atoms with Gasteiger partial charge in [0.1, 0.15) is 5.82 Å². The lowest BCUT2D eigenvalue weighted by atomic mass is 9.72. The fourth-order valence-corrected chi connectivity index (χ4v) is 5.40. The second-order valence-electron chi connectivity index (χ2n) is 10.1. The number of amides is 3. The Kier molecular flexibility index (Phi) is 8.46. The number of likely N-dealkylation sites (tertiary alicyclic amines) is 1. The number of hydrogen-bond acceptors (Lipinski definition) is 5. The number of hydrogen-bond donors (Lipinski definition) is 1. The predicted octanol–water partition coefficient (Wildman–Crippen LogP) is 3.96. The van der Waals surface area contributed by atoms with Crippen LogP contribution in [-0.2, 0) is 10.2 Å². The van der Waals surface area contributed by atoms with E-state index < -0.39 is 40.8 Å². The fourth-order valence-electron chi connectivity index (χ4n) is 5.40. The predicted molar refractivity (Wildman–Crippen MR) is 140 cm³/mol. The minimum atomic E-state index is -1.07. The zero-order valence-electron chi connectivity index (χ0n) is 22.3. The lowest BCUT2D eigenvalue weighted by Gasteiger charge is -2.38. The van der Waals surface area contributed by atoms with Crippen molar-refractivity contribution in [2.24, 2.45) is 0 Å². The van der Waals surface area contributed by atoms with Crippen molar-refractivity contribution in [3.63, 3.8) is 0 Å². The molecule has 40 heavy (non-hydrogen) atoms. The Bertz CT molecular complexity index is 1420. The average Bonchev–Trinajstić information content (AvgIpc) is 2.95. The van der Waals surface area contributed by atoms with Gasteiger partial charge in [-0.15, -0.1) is 0 Å². The van der Waals surface area contributed by atoms with E-state index in [1.807, 2.05) is 6.07 Å². The number of carbonyl (C=O) groups is 2. The van der Waals surface area contributed by atoms with E-state index in [0.717, 1.165) is 18.2 Å². The normalized spacial score (nSPS) is 19.0. The van der Waals surface area contributed by atoms with Gasteiger partial charge in [0, 0.05) is 26.8 Å². The van der Waals surface area contributed by atoms with Gasteiger partial charge in [0.15, 0.2) is 11.6 Å². The van der Waals surface area contributed by atoms with Gasteiger partial charge in [0.2, 0.25) is 0 Å². The van der Waals surface area contributed by atoms with Crippen LogP contribution in [0.5, 0.6) is 0 Å². The van der Waals surface area contributed by atoms with Crippen LogP contribution in [-0.4, -0.2) is 66.9 Å². The SMILES string of the molecule is CN1C=C(C(=O)NCCCN2CCC(C#N)(c3ccc(F)cc3C#N)CC2)C(c2ccc(F)c(F)c2)N(C)C1=O. The lowest BCUT2D eigenvalue weighted by molar-refractivity contribution is -0.118. The highest BCUT2D eigenvalue weighted by atomic mass is 19.2. The molecule has 0 spiro atoms. The third-order valence-corrected chi connectivity index (χ3v) is 7.62. The van der Waals surface area contributed by atoms with E-state index in [1.165, 1.54) is 48.3 Å². The summed E-state index contributed by atoms with van der Waals surface area (Å²) in [5.41, 5.74) is 0.366. The van der Waals surface area contributed by atoms with E-state index in [2.05, 4.69) is 16.3 Å². The van der Waals surface area contributed by atoms with Crippen molar-refractivity contribution in [2.75, 3.05) is 40.3 Å². The number of piperidine rings is 1. The van der Waals surface area contributed by atoms with E-state index >= 15 is 0 Å². The summed E-state index contributed by atoms with van der Waals surface area (Å²) in [5.74, 6) is -3.03. The number of benzene rings is 2. The standard InChI is InChI=1S/C29H29F3N6O2/c1-36-17-22(26(37(2)28(36)40)19-4-7-24(31)25(32)15-19)27(39)35-10-3-11-38-12-8-29(18-34,9-13-38)23-6-5-21(30)14-20(23)16-33/h4-7,14-15,17,26H,3,8-13H2,1-2H3,(H,35,39). The Morgan fingerprint density at radius 3 is 2.45 bits per heavy atom. The number of nitriles is 2. The molecule has 1 unspecified atom stereocenters. The third kappa shape index (κ3) is 5.65. The van der Waals surface area contributed by atoms with Gasteiger partial charge in [-0.25, -0.2) is 18.0 Å². The summed E-state index contributed by atoms with van der Waals surface area (Å²) in [7, 11) is 3.00. The molecule has 0 aromatic heterocycles. The first kappa shape index (κ1) is 28.7. The zero-order chi connectivity index (χ0) is 29.0. The molecular weight excluding hydrogens is 521 g/mol. The van der Waals surface area contributed by atoms with Crippen LogP contribution in [0.4, 0.5) is 18.0 Å². The maximum Gasteiger partial charge on any atom is 0.324 e. The van der Waals surface area contributed by atoms with Crippen LogP contribution in [0.25, 0.3) is 0 Å². The average molecular weight is 551 g/mol. The maximum atomic E-state index is 13.9. The van der Waals surface area contributed by atoms with E-state index in [4.69, 9.17) is 0 Å². The molecule has 0 aliphatic carbocycles. The summed E-state index contributed by atoms with van der Waals surface area (Å²) in [6.07, 6.45) is 3.00. The Morgan fingerprint density at radius 2 is 1.80 bits per heavy atom. The Hall–Kier alpha value is -4.35. The zero-order valence-corrected chi connectivity index (χ0v) is 22.3. The topological polar surface area (TPSA) is 103 Å². The van der Waals surface area contributed by atoms with Gasteiger partial charge >= 0.3 is 6.03 Å². The summed E-state index contributed by atoms with van der Waals surface area (Å²) >= 11 is 0. The van der Waals surface area contributed by atoms with Gasteiger partial charge in [-0.1, -0.05) is 12.1 Å². The number of urea groups is 1. The highest BCUT2D eigenvalue weighted by molar-refractivity contribution is 5.97. The Morgan fingerprint density at radius 1 is 1.07 bits per heavy atom. The molecule has 1 saturated heterocycles. The molecule has 2 heterocycles. The number of nitrogens with zero attached hydrogens (tertiary/aromatic N) is 5. The van der Waals surface area contributed by atoms with Crippen molar-refractivity contribution in [1.82, 2.24) is 20.0 Å². The number of nitrogens with one attached hydrogen (secondary N) is 1. The first-order chi connectivity index (χ1) is 19.1. The number of carbonyl (C=O) groups excluding carboxylic acids is 2. The van der Waals surface area contributed by atoms with Crippen molar-refractivity contribution in [3.05, 3.63) is 82.3 Å². The highest BCUT2D eigenvalue weighted by Gasteiger charge is 2.38. The van der Waals surface area contributed by atoms with Crippen molar-refractivity contribution < 1.29 is 22.8 Å². The summed E-state index contributed by atoms with van der Waals surface area (Å²) in [4.78, 5) is 30.4. The van der Waals surface area contributed by atoms with Crippen LogP contribution in [0, 0.1) is 40.1 Å². The Balaban J connectivity index is 1.35. The molecular formula is C29H29F3N6O2. The molecule has 1 atom stereocenters. The minimum absolute atomic E-state index is 0.175. The molecule has 0 bridgehead atoms. The number of halogens is 3. The van der Waals surface area contributed by atoms with E-state index in [1.54, 1.807) is 0 Å². The van der Waals surface area contributed by atoms with Crippen molar-refractivity contribution in [2.45, 2.75) is 30.7 Å². The molecule has 3 amide bonds. The van der Waals surface area contributed by atoms with Crippen LogP contribution in [0.2, 0.25) is 0 Å². The molecule has 2 aliphatic heterocycles. The second-order valence-corrected chi connectivity index (χ2v) is 10.1. The first-order valence-electron chi connectivity index (χ1n) is 12.9. The molecule has 2 aliphatic rings. The van der Waals surface area contributed by atoms with E-state index in [0.29, 0.717) is 51.0 Å². The molecule has 208 valence electrons. The van der Waals surface area contributed by atoms with Crippen molar-refractivity contribution in [1.29, 1.82) is 10.5 Å². The van der Waals surface area contributed by atoms with Gasteiger partial charge in [-0.2, -0.15) is 10.5 Å². The smallest absolute Gasteiger partial charge is 0.324 e. The molecule has 11 heteroatoms. The van der Waals surface area contributed by atoms with Crippen LogP contribution >= 0.6 is 0 Å². The van der Waals surface area contributed by atoms with Crippen molar-refractivity contribution in [3.8, 4) is 12.1 Å². The molecule has 0 saturated carbocycles. The molecule has 0 radical (unpaired) electrons. The highest BCUT2D eigenvalue weighted by Crippen LogP contribution is 2.37. The number of rotatable bonds is 7. The quantitative estimate of drug-likeness (QED) is 0.526. The van der Waals surface area contributed by atoms with E-state index in [-0.39, 0.29) is 16.7 Å². The van der Waals surface area contributed by atoms with Crippen LogP contribution in [0.15, 0.2) is 48.2 Å². The summed E-state index contributed by atoms with van der Waals surface area (Å²) in [6, 6.07) is 10.3. The van der Waals surface area contributed by atoms with Gasteiger partial charge < -0.3 is 20.0 Å². The monoisotopic (exact) mass is 550 g/mol. The van der Waals surface area contributed by atoms with Gasteiger partial charge in [0.05, 0.1) is 34.7 Å². The summed E-state index contributed by atoms with van der Waals surface area (Å²) in [5, 5.41) is 22.3. The molecule has 2 aromatic carbocycles. The van der Waals surface area contributed by atoms with Gasteiger partial charge in [-0.05, 0) is 74.3 Å². The molecule has 4 rings (SSSR count). The lowest BCUT2D eigenvalue weighted by Crippen LogP contribution is -2.46. The molecule has 1 N–H and O–H groups in total. The van der Waals surface area contributed by atoms with Gasteiger partial charge in [-0.3, -0.25) is 4.79 Å². The number of likely N-dealkylation sites (N-methyl/N-ethyl adjacent to an activating group) is 1. The molecule has 1 fully saturated rings. The van der Waals surface area contributed by atoms with Gasteiger partial charge in [0.25, 0.3) is 5.91 Å². The summed E-state index contributed by atoms with van der Waals surface area (Å²) in [6.45, 7) is 2.19. The maximum absolute atomic E-state index is 13.9. The van der Waals surface area contributed by atoms with E-state index in [9.17, 15) is 33.3 Å². The van der Waals surface area contributed by atoms with Crippen LogP contribution in [0.3, 0.4) is 0 Å². The second kappa shape index (κ2) is 11.8. The third-order valence-electron chi connectivity index (χ3n) is 7.62. The molecule has 2 aromatic rings. The van der Waals surface area contributed by atoms with Crippen LogP contribution < -0.4 is 5.32 Å². The largest absolute Gasteiger partial charge is 0.352 e. The molecule has 8 nitrogen and oxygen atoms in total. The fraction of sp³-hybridized carbons (Fsp3) is 0.379. The Labute approximate surface area is 230 Å².